The molecule has 1 unspecified atom stereocenters. The van der Waals surface area contributed by atoms with E-state index in [4.69, 9.17) is 4.99 Å². The summed E-state index contributed by atoms with van der Waals surface area (Å²) in [4.78, 5) is 7.34. The highest BCUT2D eigenvalue weighted by Gasteiger charge is 2.24. The van der Waals surface area contributed by atoms with Crippen LogP contribution in [0.3, 0.4) is 0 Å². The zero-order valence-corrected chi connectivity index (χ0v) is 12.9. The topological polar surface area (TPSA) is 27.6 Å². The number of nitrogens with one attached hydrogen (secondary N) is 1. The molecule has 0 bridgehead atoms. The van der Waals surface area contributed by atoms with Gasteiger partial charge in [-0.1, -0.05) is 18.7 Å². The van der Waals surface area contributed by atoms with Crippen LogP contribution in [0.1, 0.15) is 40.0 Å². The molecule has 104 valence electrons. The molecule has 2 saturated heterocycles. The second-order valence-electron chi connectivity index (χ2n) is 6.37. The van der Waals surface area contributed by atoms with Crippen molar-refractivity contribution in [1.82, 2.24) is 10.2 Å². The smallest absolute Gasteiger partial charge is 0.156 e. The van der Waals surface area contributed by atoms with Crippen molar-refractivity contribution in [3.05, 3.63) is 0 Å². The number of thioether (sulfide) groups is 1. The number of rotatable bonds is 4. The average molecular weight is 269 g/mol. The fourth-order valence-corrected chi connectivity index (χ4v) is 3.90. The zero-order valence-electron chi connectivity index (χ0n) is 12.0. The highest BCUT2D eigenvalue weighted by Crippen LogP contribution is 2.21. The van der Waals surface area contributed by atoms with Gasteiger partial charge in [0.2, 0.25) is 0 Å². The van der Waals surface area contributed by atoms with Crippen molar-refractivity contribution < 1.29 is 0 Å². The fourth-order valence-electron chi connectivity index (χ4n) is 2.58. The molecule has 0 spiro atoms. The lowest BCUT2D eigenvalue weighted by Crippen LogP contribution is -2.46. The molecule has 0 radical (unpaired) electrons. The lowest BCUT2D eigenvalue weighted by molar-refractivity contribution is 0.291. The normalized spacial score (nSPS) is 28.3. The van der Waals surface area contributed by atoms with Gasteiger partial charge in [0, 0.05) is 24.4 Å². The van der Waals surface area contributed by atoms with Crippen LogP contribution in [0.5, 0.6) is 0 Å². The maximum atomic E-state index is 4.76. The molecule has 0 aromatic heterocycles. The maximum Gasteiger partial charge on any atom is 0.156 e. The van der Waals surface area contributed by atoms with Crippen molar-refractivity contribution in [3.8, 4) is 0 Å². The molecular formula is C14H27N3S. The molecule has 2 heterocycles. The van der Waals surface area contributed by atoms with Crippen LogP contribution in [0.4, 0.5) is 0 Å². The van der Waals surface area contributed by atoms with Gasteiger partial charge in [-0.2, -0.15) is 0 Å². The quantitative estimate of drug-likeness (QED) is 0.850. The van der Waals surface area contributed by atoms with Gasteiger partial charge in [-0.3, -0.25) is 4.99 Å². The molecular weight excluding hydrogens is 242 g/mol. The van der Waals surface area contributed by atoms with E-state index in [1.54, 1.807) is 0 Å². The van der Waals surface area contributed by atoms with Crippen molar-refractivity contribution >= 4 is 16.9 Å². The maximum absolute atomic E-state index is 4.76. The van der Waals surface area contributed by atoms with Crippen molar-refractivity contribution in [3.63, 3.8) is 0 Å². The average Bonchev–Trinajstić information content (AvgIpc) is 2.78. The van der Waals surface area contributed by atoms with Gasteiger partial charge in [-0.15, -0.1) is 0 Å². The van der Waals surface area contributed by atoms with Crippen LogP contribution in [0.25, 0.3) is 0 Å². The van der Waals surface area contributed by atoms with Crippen LogP contribution in [-0.4, -0.2) is 47.5 Å². The fraction of sp³-hybridized carbons (Fsp3) is 0.929. The lowest BCUT2D eigenvalue weighted by Gasteiger charge is -2.32. The van der Waals surface area contributed by atoms with Crippen LogP contribution in [0.15, 0.2) is 4.99 Å². The highest BCUT2D eigenvalue weighted by atomic mass is 32.2. The first kappa shape index (κ1) is 14.2. The molecule has 2 rings (SSSR count). The first-order valence-electron chi connectivity index (χ1n) is 7.23. The first-order valence-corrected chi connectivity index (χ1v) is 8.21. The predicted molar refractivity (Wildman–Crippen MR) is 81.4 cm³/mol. The van der Waals surface area contributed by atoms with Gasteiger partial charge in [0.25, 0.3) is 0 Å². The van der Waals surface area contributed by atoms with E-state index in [9.17, 15) is 0 Å². The molecule has 2 aliphatic rings. The van der Waals surface area contributed by atoms with Gasteiger partial charge in [0.05, 0.1) is 0 Å². The molecule has 1 N–H and O–H groups in total. The summed E-state index contributed by atoms with van der Waals surface area (Å²) >= 11 is 1.88. The molecule has 0 amide bonds. The van der Waals surface area contributed by atoms with Crippen molar-refractivity contribution in [2.75, 3.05) is 31.9 Å². The summed E-state index contributed by atoms with van der Waals surface area (Å²) in [5.74, 6) is 1.86. The van der Waals surface area contributed by atoms with E-state index in [2.05, 4.69) is 31.0 Å². The number of nitrogens with zero attached hydrogens (tertiary/aromatic N) is 2. The monoisotopic (exact) mass is 269 g/mol. The van der Waals surface area contributed by atoms with E-state index in [-0.39, 0.29) is 5.54 Å². The third kappa shape index (κ3) is 4.47. The minimum Gasteiger partial charge on any atom is -0.360 e. The molecule has 0 aliphatic carbocycles. The number of aliphatic imine (C=N–C) groups is 1. The van der Waals surface area contributed by atoms with Gasteiger partial charge in [0.1, 0.15) is 0 Å². The summed E-state index contributed by atoms with van der Waals surface area (Å²) in [6.07, 6.45) is 3.99. The Morgan fingerprint density at radius 3 is 2.78 bits per heavy atom. The minimum atomic E-state index is 0.224. The predicted octanol–water partition coefficient (Wildman–Crippen LogP) is 2.58. The van der Waals surface area contributed by atoms with Crippen LogP contribution < -0.4 is 5.32 Å². The SMILES string of the molecule is CC(CN=C1NC(C)(C)CCS1)CN1CCCC1. The van der Waals surface area contributed by atoms with Gasteiger partial charge in [-0.25, -0.2) is 0 Å². The summed E-state index contributed by atoms with van der Waals surface area (Å²) in [7, 11) is 0. The standard InChI is InChI=1S/C14H27N3S/c1-12(11-17-7-4-5-8-17)10-15-13-16-14(2,3)6-9-18-13/h12H,4-11H2,1-3H3,(H,15,16). The van der Waals surface area contributed by atoms with Crippen LogP contribution >= 0.6 is 11.8 Å². The molecule has 18 heavy (non-hydrogen) atoms. The first-order chi connectivity index (χ1) is 8.55. The molecule has 1 atom stereocenters. The molecule has 0 saturated carbocycles. The number of likely N-dealkylation sites (tertiary alicyclic amines) is 1. The molecule has 0 aromatic carbocycles. The summed E-state index contributed by atoms with van der Waals surface area (Å²) in [5.41, 5.74) is 0.224. The second kappa shape index (κ2) is 6.29. The molecule has 0 aromatic rings. The van der Waals surface area contributed by atoms with E-state index in [0.717, 1.165) is 11.7 Å². The van der Waals surface area contributed by atoms with Crippen molar-refractivity contribution in [2.24, 2.45) is 10.9 Å². The largest absolute Gasteiger partial charge is 0.360 e. The van der Waals surface area contributed by atoms with E-state index in [1.807, 2.05) is 11.8 Å². The number of amidine groups is 1. The van der Waals surface area contributed by atoms with E-state index in [0.29, 0.717) is 5.92 Å². The number of hydrogen-bond acceptors (Lipinski definition) is 3. The Kier molecular flexibility index (Phi) is 4.96. The number of hydrogen-bond donors (Lipinski definition) is 1. The van der Waals surface area contributed by atoms with Crippen LogP contribution in [-0.2, 0) is 0 Å². The molecule has 3 nitrogen and oxygen atoms in total. The third-order valence-electron chi connectivity index (χ3n) is 3.73. The summed E-state index contributed by atoms with van der Waals surface area (Å²) in [6, 6.07) is 0. The third-order valence-corrected chi connectivity index (χ3v) is 4.64. The Hall–Kier alpha value is -0.220. The van der Waals surface area contributed by atoms with E-state index < -0.39 is 0 Å². The van der Waals surface area contributed by atoms with Crippen molar-refractivity contribution in [1.29, 1.82) is 0 Å². The minimum absolute atomic E-state index is 0.224. The van der Waals surface area contributed by atoms with Gasteiger partial charge in [0.15, 0.2) is 5.17 Å². The summed E-state index contributed by atoms with van der Waals surface area (Å²) in [5, 5.41) is 4.69. The van der Waals surface area contributed by atoms with E-state index >= 15 is 0 Å². The highest BCUT2D eigenvalue weighted by molar-refractivity contribution is 8.13. The Morgan fingerprint density at radius 1 is 1.39 bits per heavy atom. The molecule has 2 aliphatic heterocycles. The van der Waals surface area contributed by atoms with Gasteiger partial charge in [-0.05, 0) is 52.1 Å². The van der Waals surface area contributed by atoms with Crippen LogP contribution in [0.2, 0.25) is 0 Å². The van der Waals surface area contributed by atoms with Gasteiger partial charge >= 0.3 is 0 Å². The lowest BCUT2D eigenvalue weighted by atomic mass is 10.0. The second-order valence-corrected chi connectivity index (χ2v) is 7.45. The Labute approximate surface area is 116 Å². The van der Waals surface area contributed by atoms with E-state index in [1.165, 1.54) is 44.6 Å². The molecule has 2 fully saturated rings. The van der Waals surface area contributed by atoms with Crippen LogP contribution in [0, 0.1) is 5.92 Å². The summed E-state index contributed by atoms with van der Waals surface area (Å²) < 4.78 is 0. The Morgan fingerprint density at radius 2 is 2.11 bits per heavy atom. The Balaban J connectivity index is 1.75. The molecule has 4 heteroatoms. The zero-order chi connectivity index (χ0) is 13.0. The summed E-state index contributed by atoms with van der Waals surface area (Å²) in [6.45, 7) is 11.6. The Bertz CT molecular complexity index is 295. The van der Waals surface area contributed by atoms with Crippen molar-refractivity contribution in [2.45, 2.75) is 45.6 Å². The van der Waals surface area contributed by atoms with Gasteiger partial charge < -0.3 is 10.2 Å².